The van der Waals surface area contributed by atoms with Gasteiger partial charge in [-0.3, -0.25) is 14.3 Å². The SMILES string of the molecule is CCOC(=O)c1cn2c(n1)CN(C(=O)C(F)(F)F)c1ccccc1-2. The summed E-state index contributed by atoms with van der Waals surface area (Å²) in [5.41, 5.74) is 0.405. The van der Waals surface area contributed by atoms with E-state index in [4.69, 9.17) is 4.74 Å². The van der Waals surface area contributed by atoms with Gasteiger partial charge in [-0.05, 0) is 19.1 Å². The number of alkyl halides is 3. The number of esters is 1. The molecule has 24 heavy (non-hydrogen) atoms. The van der Waals surface area contributed by atoms with Gasteiger partial charge < -0.3 is 4.74 Å². The number of fused-ring (bicyclic) bond motifs is 3. The van der Waals surface area contributed by atoms with Gasteiger partial charge in [-0.15, -0.1) is 0 Å². The highest BCUT2D eigenvalue weighted by atomic mass is 19.4. The van der Waals surface area contributed by atoms with Gasteiger partial charge in [0, 0.05) is 6.20 Å². The Bertz CT molecular complexity index is 814. The summed E-state index contributed by atoms with van der Waals surface area (Å²) in [6.07, 6.45) is -3.62. The largest absolute Gasteiger partial charge is 0.471 e. The van der Waals surface area contributed by atoms with Gasteiger partial charge in [0.1, 0.15) is 5.82 Å². The van der Waals surface area contributed by atoms with Crippen molar-refractivity contribution in [2.24, 2.45) is 0 Å². The third-order valence-electron chi connectivity index (χ3n) is 3.48. The first-order chi connectivity index (χ1) is 11.3. The highest BCUT2D eigenvalue weighted by Crippen LogP contribution is 2.34. The van der Waals surface area contributed by atoms with Crippen LogP contribution < -0.4 is 4.90 Å². The number of ether oxygens (including phenoxy) is 1. The van der Waals surface area contributed by atoms with E-state index < -0.39 is 24.6 Å². The molecule has 2 aromatic rings. The summed E-state index contributed by atoms with van der Waals surface area (Å²) in [5, 5.41) is 0. The lowest BCUT2D eigenvalue weighted by molar-refractivity contribution is -0.170. The van der Waals surface area contributed by atoms with Crippen molar-refractivity contribution >= 4 is 17.6 Å². The molecule has 1 aromatic heterocycles. The monoisotopic (exact) mass is 339 g/mol. The van der Waals surface area contributed by atoms with Crippen molar-refractivity contribution in [3.63, 3.8) is 0 Å². The fraction of sp³-hybridized carbons (Fsp3) is 0.267. The Morgan fingerprint density at radius 2 is 1.92 bits per heavy atom. The maximum atomic E-state index is 12.8. The van der Waals surface area contributed by atoms with Crippen LogP contribution in [0, 0.1) is 0 Å². The normalized spacial score (nSPS) is 13.2. The Morgan fingerprint density at radius 3 is 2.54 bits per heavy atom. The fourth-order valence-electron chi connectivity index (χ4n) is 2.50. The van der Waals surface area contributed by atoms with Crippen molar-refractivity contribution < 1.29 is 27.5 Å². The number of rotatable bonds is 2. The van der Waals surface area contributed by atoms with Gasteiger partial charge >= 0.3 is 18.1 Å². The first-order valence-corrected chi connectivity index (χ1v) is 7.06. The number of carbonyl (C=O) groups is 2. The molecule has 0 fully saturated rings. The number of hydrogen-bond donors (Lipinski definition) is 0. The predicted molar refractivity (Wildman–Crippen MR) is 76.8 cm³/mol. The van der Waals surface area contributed by atoms with Crippen LogP contribution in [0.4, 0.5) is 18.9 Å². The van der Waals surface area contributed by atoms with Gasteiger partial charge in [-0.25, -0.2) is 9.78 Å². The minimum atomic E-state index is -5.01. The molecule has 0 radical (unpaired) electrons. The number of amides is 1. The Morgan fingerprint density at radius 1 is 1.25 bits per heavy atom. The maximum absolute atomic E-state index is 12.8. The van der Waals surface area contributed by atoms with Crippen molar-refractivity contribution in [1.29, 1.82) is 0 Å². The van der Waals surface area contributed by atoms with E-state index in [2.05, 4.69) is 4.98 Å². The summed E-state index contributed by atoms with van der Waals surface area (Å²) < 4.78 is 44.9. The molecule has 0 bridgehead atoms. The van der Waals surface area contributed by atoms with Gasteiger partial charge in [-0.1, -0.05) is 12.1 Å². The molecular formula is C15H12F3N3O3. The van der Waals surface area contributed by atoms with E-state index in [0.29, 0.717) is 10.6 Å². The van der Waals surface area contributed by atoms with Crippen molar-refractivity contribution in [3.05, 3.63) is 42.0 Å². The number of para-hydroxylation sites is 2. The minimum absolute atomic E-state index is 0.0250. The third kappa shape index (κ3) is 2.61. The number of halogens is 3. The summed E-state index contributed by atoms with van der Waals surface area (Å²) in [5.74, 6) is -2.51. The van der Waals surface area contributed by atoms with Crippen LogP contribution in [0.25, 0.3) is 5.69 Å². The minimum Gasteiger partial charge on any atom is -0.461 e. The molecule has 0 spiro atoms. The zero-order valence-corrected chi connectivity index (χ0v) is 12.5. The molecule has 9 heteroatoms. The number of benzene rings is 1. The first kappa shape index (κ1) is 16.0. The molecule has 0 N–H and O–H groups in total. The Hall–Kier alpha value is -2.84. The van der Waals surface area contributed by atoms with E-state index >= 15 is 0 Å². The van der Waals surface area contributed by atoms with Crippen molar-refractivity contribution in [3.8, 4) is 5.69 Å². The molecule has 126 valence electrons. The summed E-state index contributed by atoms with van der Waals surface area (Å²) in [6.45, 7) is 1.39. The number of nitrogens with zero attached hydrogens (tertiary/aromatic N) is 3. The summed E-state index contributed by atoms with van der Waals surface area (Å²) in [7, 11) is 0. The number of aromatic nitrogens is 2. The van der Waals surface area contributed by atoms with Crippen LogP contribution in [0.1, 0.15) is 23.2 Å². The summed E-state index contributed by atoms with van der Waals surface area (Å²) in [6, 6.07) is 6.11. The first-order valence-electron chi connectivity index (χ1n) is 7.06. The lowest BCUT2D eigenvalue weighted by Gasteiger charge is -2.30. The molecule has 2 heterocycles. The van der Waals surface area contributed by atoms with Gasteiger partial charge in [0.25, 0.3) is 0 Å². The van der Waals surface area contributed by atoms with Gasteiger partial charge in [0.2, 0.25) is 0 Å². The standard InChI is InChI=1S/C15H12F3N3O3/c1-2-24-13(22)9-7-20-10-5-3-4-6-11(10)21(8-12(20)19-9)14(23)15(16,17)18/h3-7H,2,8H2,1H3. The van der Waals surface area contributed by atoms with E-state index in [-0.39, 0.29) is 23.8 Å². The van der Waals surface area contributed by atoms with E-state index in [1.54, 1.807) is 19.1 Å². The third-order valence-corrected chi connectivity index (χ3v) is 3.48. The van der Waals surface area contributed by atoms with Crippen LogP contribution in [0.3, 0.4) is 0 Å². The predicted octanol–water partition coefficient (Wildman–Crippen LogP) is 2.46. The van der Waals surface area contributed by atoms with Crippen molar-refractivity contribution in [1.82, 2.24) is 9.55 Å². The number of hydrogen-bond acceptors (Lipinski definition) is 4. The van der Waals surface area contributed by atoms with Crippen molar-refractivity contribution in [2.45, 2.75) is 19.6 Å². The van der Waals surface area contributed by atoms with E-state index in [9.17, 15) is 22.8 Å². The highest BCUT2D eigenvalue weighted by molar-refractivity contribution is 5.99. The van der Waals surface area contributed by atoms with Crippen LogP contribution in [-0.4, -0.2) is 34.2 Å². The average molecular weight is 339 g/mol. The quantitative estimate of drug-likeness (QED) is 0.789. The molecule has 1 aliphatic rings. The van der Waals surface area contributed by atoms with Crippen LogP contribution >= 0.6 is 0 Å². The van der Waals surface area contributed by atoms with Crippen molar-refractivity contribution in [2.75, 3.05) is 11.5 Å². The second-order valence-corrected chi connectivity index (χ2v) is 5.01. The van der Waals surface area contributed by atoms with Crippen LogP contribution in [0.15, 0.2) is 30.5 Å². The molecule has 1 aliphatic heterocycles. The van der Waals surface area contributed by atoms with Crippen LogP contribution in [-0.2, 0) is 16.1 Å². The number of carbonyl (C=O) groups excluding carboxylic acids is 2. The average Bonchev–Trinajstić information content (AvgIpc) is 2.97. The zero-order valence-electron chi connectivity index (χ0n) is 12.5. The molecule has 0 atom stereocenters. The molecular weight excluding hydrogens is 327 g/mol. The van der Waals surface area contributed by atoms with E-state index in [1.165, 1.54) is 22.9 Å². The smallest absolute Gasteiger partial charge is 0.461 e. The lowest BCUT2D eigenvalue weighted by Crippen LogP contribution is -2.43. The Kier molecular flexibility index (Phi) is 3.78. The van der Waals surface area contributed by atoms with Crippen LogP contribution in [0.5, 0.6) is 0 Å². The molecule has 0 unspecified atom stereocenters. The lowest BCUT2D eigenvalue weighted by atomic mass is 10.2. The van der Waals surface area contributed by atoms with Gasteiger partial charge in [-0.2, -0.15) is 13.2 Å². The maximum Gasteiger partial charge on any atom is 0.471 e. The topological polar surface area (TPSA) is 64.4 Å². The summed E-state index contributed by atoms with van der Waals surface area (Å²) >= 11 is 0. The zero-order chi connectivity index (χ0) is 17.5. The highest BCUT2D eigenvalue weighted by Gasteiger charge is 2.45. The van der Waals surface area contributed by atoms with E-state index in [0.717, 1.165) is 0 Å². The second-order valence-electron chi connectivity index (χ2n) is 5.01. The molecule has 0 aliphatic carbocycles. The molecule has 3 rings (SSSR count). The Labute approximate surface area is 134 Å². The molecule has 1 aromatic carbocycles. The molecule has 0 saturated heterocycles. The molecule has 1 amide bonds. The van der Waals surface area contributed by atoms with Gasteiger partial charge in [0.05, 0.1) is 24.5 Å². The van der Waals surface area contributed by atoms with E-state index in [1.807, 2.05) is 0 Å². The molecule has 6 nitrogen and oxygen atoms in total. The van der Waals surface area contributed by atoms with Gasteiger partial charge in [0.15, 0.2) is 5.69 Å². The number of anilines is 1. The Balaban J connectivity index is 2.08. The summed E-state index contributed by atoms with van der Waals surface area (Å²) in [4.78, 5) is 28.1. The second kappa shape index (κ2) is 5.66. The fourth-order valence-corrected chi connectivity index (χ4v) is 2.50. The van der Waals surface area contributed by atoms with Crippen LogP contribution in [0.2, 0.25) is 0 Å². The number of imidazole rings is 1. The molecule has 0 saturated carbocycles.